The molecule has 6 rings (SSSR count). The van der Waals surface area contributed by atoms with Crippen LogP contribution in [0.2, 0.25) is 0 Å². The second kappa shape index (κ2) is 10.00. The van der Waals surface area contributed by atoms with Crippen LogP contribution in [0.25, 0.3) is 0 Å². The number of hydrogen-bond donors (Lipinski definition) is 2. The van der Waals surface area contributed by atoms with E-state index in [1.807, 2.05) is 6.92 Å². The minimum atomic E-state index is -4.42. The first-order valence-corrected chi connectivity index (χ1v) is 13.1. The molecule has 5 fully saturated rings. The molecule has 37 heavy (non-hydrogen) atoms. The zero-order valence-electron chi connectivity index (χ0n) is 21.3. The van der Waals surface area contributed by atoms with Gasteiger partial charge in [0, 0.05) is 30.5 Å². The number of halogens is 3. The van der Waals surface area contributed by atoms with E-state index in [1.54, 1.807) is 0 Å². The number of nitrogens with one attached hydrogen (secondary N) is 2. The maximum absolute atomic E-state index is 12.7. The summed E-state index contributed by atoms with van der Waals surface area (Å²) in [7, 11) is 0. The third-order valence-corrected chi connectivity index (χ3v) is 8.46. The Morgan fingerprint density at radius 3 is 2.59 bits per heavy atom. The Labute approximate surface area is 214 Å². The largest absolute Gasteiger partial charge is 0.416 e. The van der Waals surface area contributed by atoms with Crippen LogP contribution in [0, 0.1) is 23.7 Å². The second-order valence-corrected chi connectivity index (χ2v) is 11.0. The fraction of sp³-hybridized carbons (Fsp3) is 0.731. The van der Waals surface area contributed by atoms with E-state index < -0.39 is 41.7 Å². The minimum Gasteiger partial charge on any atom is -0.352 e. The number of fused-ring (bicyclic) bond motifs is 2. The summed E-state index contributed by atoms with van der Waals surface area (Å²) in [6, 6.07) is 3.78. The maximum Gasteiger partial charge on any atom is 0.416 e. The van der Waals surface area contributed by atoms with Gasteiger partial charge >= 0.3 is 12.2 Å². The van der Waals surface area contributed by atoms with E-state index >= 15 is 0 Å². The van der Waals surface area contributed by atoms with Crippen molar-refractivity contribution in [1.82, 2.24) is 5.32 Å². The summed E-state index contributed by atoms with van der Waals surface area (Å²) >= 11 is 0. The molecule has 1 spiro atoms. The number of alkyl halides is 3. The summed E-state index contributed by atoms with van der Waals surface area (Å²) in [5.74, 6) is 0.174. The summed E-state index contributed by atoms with van der Waals surface area (Å²) < 4.78 is 56.8. The molecule has 1 aromatic rings. The highest BCUT2D eigenvalue weighted by Gasteiger charge is 2.69. The highest BCUT2D eigenvalue weighted by molar-refractivity contribution is 5.89. The number of amides is 2. The van der Waals surface area contributed by atoms with Crippen molar-refractivity contribution in [2.24, 2.45) is 23.7 Å². The standard InChI is InChI=1S/C26H35F3N2O6/c1-15-5-10-20-16(2)21(34-22-25(20)19(15)11-12-24(3,35-22)36-37-25)33-14-4-13-30-23(32)31-18-8-6-17(7-9-18)26(27,28)29/h6-9,15-16,19-22H,4-5,10-14H2,1-3H3,(H2,30,31,32)/t15-,16-,19+,20+,21-,22-,24+,25-/m1/s1. The molecule has 4 aliphatic heterocycles. The van der Waals surface area contributed by atoms with Crippen LogP contribution in [-0.4, -0.2) is 43.2 Å². The van der Waals surface area contributed by atoms with Crippen molar-refractivity contribution in [1.29, 1.82) is 0 Å². The third kappa shape index (κ3) is 5.08. The van der Waals surface area contributed by atoms with E-state index in [4.69, 9.17) is 24.0 Å². The van der Waals surface area contributed by atoms with Gasteiger partial charge in [-0.15, -0.1) is 0 Å². The lowest BCUT2D eigenvalue weighted by Crippen LogP contribution is -2.70. The van der Waals surface area contributed by atoms with Crippen molar-refractivity contribution in [3.8, 4) is 0 Å². The number of carbonyl (C=O) groups is 1. The highest BCUT2D eigenvalue weighted by atomic mass is 19.4. The Morgan fingerprint density at radius 1 is 1.11 bits per heavy atom. The molecule has 2 amide bonds. The van der Waals surface area contributed by atoms with Crippen molar-refractivity contribution < 1.29 is 42.0 Å². The Morgan fingerprint density at radius 2 is 1.86 bits per heavy atom. The van der Waals surface area contributed by atoms with Gasteiger partial charge in [0.25, 0.3) is 0 Å². The first-order chi connectivity index (χ1) is 17.5. The Balaban J connectivity index is 1.11. The number of hydrogen-bond acceptors (Lipinski definition) is 6. The van der Waals surface area contributed by atoms with E-state index in [-0.39, 0.29) is 23.4 Å². The molecule has 2 bridgehead atoms. The molecule has 0 unspecified atom stereocenters. The fourth-order valence-electron chi connectivity index (χ4n) is 6.45. The van der Waals surface area contributed by atoms with Gasteiger partial charge in [-0.1, -0.05) is 13.8 Å². The molecule has 11 heteroatoms. The number of rotatable bonds is 6. The molecule has 206 valence electrons. The lowest BCUT2D eigenvalue weighted by molar-refractivity contribution is -0.577. The molecular formula is C26H35F3N2O6. The molecule has 5 aliphatic rings. The van der Waals surface area contributed by atoms with Gasteiger partial charge in [0.05, 0.1) is 12.2 Å². The van der Waals surface area contributed by atoms with Gasteiger partial charge in [0.15, 0.2) is 18.2 Å². The number of carbonyl (C=O) groups excluding carboxylic acids is 1. The Kier molecular flexibility index (Phi) is 7.21. The lowest BCUT2D eigenvalue weighted by Gasteiger charge is -2.60. The van der Waals surface area contributed by atoms with Gasteiger partial charge in [0.2, 0.25) is 5.79 Å². The minimum absolute atomic E-state index is 0.0665. The molecular weight excluding hydrogens is 493 g/mol. The number of ether oxygens (including phenoxy) is 3. The van der Waals surface area contributed by atoms with E-state index in [0.717, 1.165) is 37.8 Å². The van der Waals surface area contributed by atoms with Gasteiger partial charge in [-0.3, -0.25) is 0 Å². The topological polar surface area (TPSA) is 87.3 Å². The average molecular weight is 529 g/mol. The smallest absolute Gasteiger partial charge is 0.352 e. The van der Waals surface area contributed by atoms with Gasteiger partial charge in [0.1, 0.15) is 0 Å². The molecule has 4 heterocycles. The monoisotopic (exact) mass is 528 g/mol. The molecule has 0 aromatic heterocycles. The van der Waals surface area contributed by atoms with Crippen LogP contribution in [0.4, 0.5) is 23.7 Å². The molecule has 1 saturated carbocycles. The van der Waals surface area contributed by atoms with E-state index in [9.17, 15) is 18.0 Å². The van der Waals surface area contributed by atoms with Crippen LogP contribution >= 0.6 is 0 Å². The van der Waals surface area contributed by atoms with Crippen molar-refractivity contribution >= 4 is 11.7 Å². The first-order valence-electron chi connectivity index (χ1n) is 13.1. The van der Waals surface area contributed by atoms with E-state index in [0.29, 0.717) is 25.5 Å². The van der Waals surface area contributed by atoms with Crippen LogP contribution in [0.1, 0.15) is 58.4 Å². The summed E-state index contributed by atoms with van der Waals surface area (Å²) in [4.78, 5) is 24.1. The van der Waals surface area contributed by atoms with Crippen LogP contribution < -0.4 is 10.6 Å². The summed E-state index contributed by atoms with van der Waals surface area (Å²) in [6.45, 7) is 6.96. The predicted molar refractivity (Wildman–Crippen MR) is 126 cm³/mol. The molecule has 8 nitrogen and oxygen atoms in total. The second-order valence-electron chi connectivity index (χ2n) is 11.0. The Bertz CT molecular complexity index is 978. The molecule has 2 N–H and O–H groups in total. The average Bonchev–Trinajstić information content (AvgIpc) is 3.07. The van der Waals surface area contributed by atoms with Crippen LogP contribution in [0.15, 0.2) is 24.3 Å². The van der Waals surface area contributed by atoms with Crippen LogP contribution in [0.5, 0.6) is 0 Å². The Hall–Kier alpha value is -1.92. The zero-order valence-corrected chi connectivity index (χ0v) is 21.3. The summed E-state index contributed by atoms with van der Waals surface area (Å²) in [5, 5.41) is 5.22. The summed E-state index contributed by atoms with van der Waals surface area (Å²) in [6.07, 6.45) is -1.12. The zero-order chi connectivity index (χ0) is 26.4. The molecule has 0 radical (unpaired) electrons. The predicted octanol–water partition coefficient (Wildman–Crippen LogP) is 5.44. The lowest BCUT2D eigenvalue weighted by atomic mass is 9.58. The van der Waals surface area contributed by atoms with Gasteiger partial charge in [-0.05, 0) is 68.7 Å². The highest BCUT2D eigenvalue weighted by Crippen LogP contribution is 2.60. The summed E-state index contributed by atoms with van der Waals surface area (Å²) in [5.41, 5.74) is -1.13. The number of anilines is 1. The molecule has 4 saturated heterocycles. The van der Waals surface area contributed by atoms with Crippen molar-refractivity contribution in [3.05, 3.63) is 29.8 Å². The van der Waals surface area contributed by atoms with Crippen LogP contribution in [0.3, 0.4) is 0 Å². The maximum atomic E-state index is 12.7. The van der Waals surface area contributed by atoms with E-state index in [1.165, 1.54) is 12.1 Å². The normalized spacial score (nSPS) is 39.0. The quantitative estimate of drug-likeness (QED) is 0.378. The van der Waals surface area contributed by atoms with Crippen molar-refractivity contribution in [2.45, 2.75) is 83.0 Å². The number of urea groups is 1. The molecule has 1 aromatic carbocycles. The van der Waals surface area contributed by atoms with Gasteiger partial charge in [-0.25, -0.2) is 14.6 Å². The van der Waals surface area contributed by atoms with E-state index in [2.05, 4.69) is 24.5 Å². The van der Waals surface area contributed by atoms with Crippen molar-refractivity contribution in [2.75, 3.05) is 18.5 Å². The third-order valence-electron chi connectivity index (χ3n) is 8.46. The number of benzene rings is 1. The first kappa shape index (κ1) is 26.7. The van der Waals surface area contributed by atoms with Gasteiger partial charge < -0.3 is 24.8 Å². The fourth-order valence-corrected chi connectivity index (χ4v) is 6.45. The van der Waals surface area contributed by atoms with Gasteiger partial charge in [-0.2, -0.15) is 13.2 Å². The van der Waals surface area contributed by atoms with Crippen LogP contribution in [-0.2, 0) is 30.2 Å². The molecule has 1 aliphatic carbocycles. The SMILES string of the molecule is C[C@H]1[C@H](OCCCNC(=O)Nc2ccc(C(F)(F)F)cc2)O[C@@H]2O[C@]3(C)CC[C@H]4[C@H](C)CC[C@@H]1[C@@]24OO3. The van der Waals surface area contributed by atoms with Crippen molar-refractivity contribution in [3.63, 3.8) is 0 Å². The molecule has 8 atom stereocenters.